The largest absolute Gasteiger partial charge is 0.456 e. The van der Waals surface area contributed by atoms with Gasteiger partial charge in [-0.05, 0) is 110 Å². The highest BCUT2D eigenvalue weighted by molar-refractivity contribution is 6.10. The van der Waals surface area contributed by atoms with E-state index in [2.05, 4.69) is 205 Å². The molecule has 0 bridgehead atoms. The molecule has 0 radical (unpaired) electrons. The van der Waals surface area contributed by atoms with Crippen LogP contribution in [0.3, 0.4) is 0 Å². The summed E-state index contributed by atoms with van der Waals surface area (Å²) in [4.78, 5) is 2.38. The first kappa shape index (κ1) is 31.6. The van der Waals surface area contributed by atoms with E-state index >= 15 is 0 Å². The summed E-state index contributed by atoms with van der Waals surface area (Å²) >= 11 is 0. The molecule has 9 aromatic carbocycles. The summed E-state index contributed by atoms with van der Waals surface area (Å²) in [6, 6.07) is 76.0. The summed E-state index contributed by atoms with van der Waals surface area (Å²) in [5.41, 5.74) is 14.6. The number of rotatable bonds is 7. The maximum atomic E-state index is 6.22. The van der Waals surface area contributed by atoms with E-state index in [1.807, 2.05) is 12.1 Å². The molecule has 0 aliphatic carbocycles. The van der Waals surface area contributed by atoms with Crippen molar-refractivity contribution in [3.05, 3.63) is 212 Å². The predicted octanol–water partition coefficient (Wildman–Crippen LogP) is 14.9. The number of benzene rings is 9. The molecule has 0 N–H and O–H groups in total. The summed E-state index contributed by atoms with van der Waals surface area (Å²) in [7, 11) is 0. The van der Waals surface area contributed by atoms with Crippen LogP contribution in [0.4, 0.5) is 17.1 Å². The molecule has 2 heteroatoms. The Morgan fingerprint density at radius 2 is 0.833 bits per heavy atom. The van der Waals surface area contributed by atoms with Gasteiger partial charge in [-0.25, -0.2) is 0 Å². The number of anilines is 3. The Balaban J connectivity index is 1.08. The van der Waals surface area contributed by atoms with Crippen LogP contribution in [0, 0.1) is 0 Å². The van der Waals surface area contributed by atoms with E-state index in [4.69, 9.17) is 4.42 Å². The molecule has 10 aromatic rings. The van der Waals surface area contributed by atoms with E-state index in [0.29, 0.717) is 0 Å². The molecule has 0 saturated carbocycles. The molecule has 0 saturated heterocycles. The van der Waals surface area contributed by atoms with Gasteiger partial charge in [0.25, 0.3) is 0 Å². The molecule has 0 spiro atoms. The van der Waals surface area contributed by atoms with E-state index < -0.39 is 0 Å². The molecular weight excluding hydrogens is 655 g/mol. The number of para-hydroxylation sites is 2. The highest BCUT2D eigenvalue weighted by atomic mass is 16.3. The van der Waals surface area contributed by atoms with Gasteiger partial charge in [0.15, 0.2) is 0 Å². The molecule has 254 valence electrons. The first-order valence-electron chi connectivity index (χ1n) is 18.4. The predicted molar refractivity (Wildman–Crippen MR) is 228 cm³/mol. The van der Waals surface area contributed by atoms with E-state index in [0.717, 1.165) is 55.5 Å². The van der Waals surface area contributed by atoms with Gasteiger partial charge in [-0.15, -0.1) is 0 Å². The lowest BCUT2D eigenvalue weighted by molar-refractivity contribution is 0.669. The Labute approximate surface area is 314 Å². The van der Waals surface area contributed by atoms with Crippen molar-refractivity contribution in [2.24, 2.45) is 0 Å². The van der Waals surface area contributed by atoms with Gasteiger partial charge >= 0.3 is 0 Å². The second-order valence-electron chi connectivity index (χ2n) is 13.8. The Hall–Kier alpha value is -7.16. The van der Waals surface area contributed by atoms with Gasteiger partial charge in [-0.2, -0.15) is 0 Å². The van der Waals surface area contributed by atoms with Gasteiger partial charge in [0, 0.05) is 27.7 Å². The monoisotopic (exact) mass is 689 g/mol. The van der Waals surface area contributed by atoms with Gasteiger partial charge in [0.05, 0.1) is 5.69 Å². The SMILES string of the molecule is c1ccc(-c2ccc(N(c3ccc(-c4cccc(-c5ccccc5)c4)cc3)c3ccccc3-c3ccc4cc5oc6ccccc6c5cc4c3)cc2)cc1. The standard InChI is InChI=1S/C52H35NO/c1-3-12-36(13-4-1)38-24-28-45(29-25-38)53(46-30-26-39(27-31-46)41-17-11-16-40(32-41)37-14-5-2-6-15-37)50-20-9-7-18-47(50)43-23-22-42-35-52-49(34-44(42)33-43)48-19-8-10-21-51(48)54-52/h1-35H. The van der Waals surface area contributed by atoms with E-state index in [1.54, 1.807) is 0 Å². The van der Waals surface area contributed by atoms with Crippen molar-refractivity contribution >= 4 is 49.8 Å². The van der Waals surface area contributed by atoms with E-state index in [9.17, 15) is 0 Å². The zero-order chi connectivity index (χ0) is 35.8. The van der Waals surface area contributed by atoms with Crippen molar-refractivity contribution in [3.63, 3.8) is 0 Å². The zero-order valence-electron chi connectivity index (χ0n) is 29.6. The summed E-state index contributed by atoms with van der Waals surface area (Å²) in [5.74, 6) is 0. The third-order valence-corrected chi connectivity index (χ3v) is 10.5. The summed E-state index contributed by atoms with van der Waals surface area (Å²) in [6.45, 7) is 0. The lowest BCUT2D eigenvalue weighted by Gasteiger charge is -2.28. The minimum absolute atomic E-state index is 0.914. The zero-order valence-corrected chi connectivity index (χ0v) is 29.6. The van der Waals surface area contributed by atoms with Gasteiger partial charge in [-0.1, -0.05) is 152 Å². The van der Waals surface area contributed by atoms with Gasteiger partial charge in [0.1, 0.15) is 11.2 Å². The summed E-state index contributed by atoms with van der Waals surface area (Å²) in [5, 5.41) is 4.61. The van der Waals surface area contributed by atoms with E-state index in [1.165, 1.54) is 38.8 Å². The van der Waals surface area contributed by atoms with Crippen LogP contribution in [0.5, 0.6) is 0 Å². The smallest absolute Gasteiger partial charge is 0.136 e. The van der Waals surface area contributed by atoms with Crippen LogP contribution in [0.1, 0.15) is 0 Å². The molecule has 0 unspecified atom stereocenters. The quantitative estimate of drug-likeness (QED) is 0.166. The average molecular weight is 690 g/mol. The summed E-state index contributed by atoms with van der Waals surface area (Å²) < 4.78 is 6.22. The lowest BCUT2D eigenvalue weighted by Crippen LogP contribution is -2.11. The van der Waals surface area contributed by atoms with Crippen molar-refractivity contribution in [1.82, 2.24) is 0 Å². The maximum Gasteiger partial charge on any atom is 0.136 e. The fraction of sp³-hybridized carbons (Fsp3) is 0. The third kappa shape index (κ3) is 5.81. The Morgan fingerprint density at radius 1 is 0.296 bits per heavy atom. The van der Waals surface area contributed by atoms with Crippen molar-refractivity contribution in [3.8, 4) is 44.5 Å². The van der Waals surface area contributed by atoms with Crippen LogP contribution in [-0.2, 0) is 0 Å². The van der Waals surface area contributed by atoms with Crippen LogP contribution < -0.4 is 4.90 Å². The van der Waals surface area contributed by atoms with Gasteiger partial charge < -0.3 is 9.32 Å². The molecule has 0 fully saturated rings. The molecule has 1 heterocycles. The number of furan rings is 1. The first-order chi connectivity index (χ1) is 26.7. The second kappa shape index (κ2) is 13.4. The van der Waals surface area contributed by atoms with E-state index in [-0.39, 0.29) is 0 Å². The number of fused-ring (bicyclic) bond motifs is 4. The Morgan fingerprint density at radius 3 is 1.54 bits per heavy atom. The molecule has 54 heavy (non-hydrogen) atoms. The third-order valence-electron chi connectivity index (χ3n) is 10.5. The normalized spacial score (nSPS) is 11.3. The first-order valence-corrected chi connectivity index (χ1v) is 18.4. The van der Waals surface area contributed by atoms with Crippen molar-refractivity contribution in [2.75, 3.05) is 4.90 Å². The van der Waals surface area contributed by atoms with Crippen LogP contribution in [0.25, 0.3) is 77.2 Å². The van der Waals surface area contributed by atoms with Gasteiger partial charge in [0.2, 0.25) is 0 Å². The van der Waals surface area contributed by atoms with Crippen molar-refractivity contribution in [1.29, 1.82) is 0 Å². The lowest BCUT2D eigenvalue weighted by atomic mass is 9.97. The molecule has 0 aliphatic rings. The average Bonchev–Trinajstić information content (AvgIpc) is 3.61. The highest BCUT2D eigenvalue weighted by Gasteiger charge is 2.18. The molecule has 0 aliphatic heterocycles. The van der Waals surface area contributed by atoms with Crippen molar-refractivity contribution < 1.29 is 4.42 Å². The molecule has 1 aromatic heterocycles. The Kier molecular flexibility index (Phi) is 7.85. The fourth-order valence-electron chi connectivity index (χ4n) is 7.72. The molecule has 0 atom stereocenters. The number of nitrogens with zero attached hydrogens (tertiary/aromatic N) is 1. The van der Waals surface area contributed by atoms with Crippen LogP contribution >= 0.6 is 0 Å². The molecule has 2 nitrogen and oxygen atoms in total. The number of hydrogen-bond donors (Lipinski definition) is 0. The summed E-state index contributed by atoms with van der Waals surface area (Å²) in [6.07, 6.45) is 0. The number of hydrogen-bond acceptors (Lipinski definition) is 2. The topological polar surface area (TPSA) is 16.4 Å². The second-order valence-corrected chi connectivity index (χ2v) is 13.8. The minimum atomic E-state index is 0.914. The van der Waals surface area contributed by atoms with Crippen LogP contribution in [0.15, 0.2) is 217 Å². The molecule has 0 amide bonds. The van der Waals surface area contributed by atoms with Crippen LogP contribution in [0.2, 0.25) is 0 Å². The maximum absolute atomic E-state index is 6.22. The van der Waals surface area contributed by atoms with Gasteiger partial charge in [-0.3, -0.25) is 0 Å². The highest BCUT2D eigenvalue weighted by Crippen LogP contribution is 2.43. The van der Waals surface area contributed by atoms with Crippen LogP contribution in [-0.4, -0.2) is 0 Å². The fourth-order valence-corrected chi connectivity index (χ4v) is 7.72. The Bertz CT molecular complexity index is 2910. The molecular formula is C52H35NO. The van der Waals surface area contributed by atoms with Crippen molar-refractivity contribution in [2.45, 2.75) is 0 Å². The molecule has 10 rings (SSSR count). The minimum Gasteiger partial charge on any atom is -0.456 e.